The van der Waals surface area contributed by atoms with E-state index in [4.69, 9.17) is 9.47 Å². The zero-order valence-corrected chi connectivity index (χ0v) is 23.5. The Morgan fingerprint density at radius 1 is 0.568 bits per heavy atom. The van der Waals surface area contributed by atoms with Crippen LogP contribution in [0.3, 0.4) is 0 Å². The molecule has 5 aromatic carbocycles. The quantitative estimate of drug-likeness (QED) is 0.0874. The normalized spacial score (nSPS) is 10.6. The summed E-state index contributed by atoms with van der Waals surface area (Å²) in [6, 6.07) is 30.5. The number of esters is 2. The number of phenols is 2. The number of carbonyl (C=O) groups is 4. The number of aryl methyl sites for hydroxylation is 1. The molecule has 0 bridgehead atoms. The molecule has 0 saturated heterocycles. The van der Waals surface area contributed by atoms with Crippen LogP contribution in [-0.4, -0.2) is 33.7 Å². The molecular formula is C36H26O8. The summed E-state index contributed by atoms with van der Waals surface area (Å²) >= 11 is 0. The van der Waals surface area contributed by atoms with Crippen LogP contribution in [0.5, 0.6) is 17.2 Å². The van der Waals surface area contributed by atoms with Gasteiger partial charge in [0.2, 0.25) is 5.75 Å². The van der Waals surface area contributed by atoms with Gasteiger partial charge in [-0.1, -0.05) is 103 Å². The molecule has 0 amide bonds. The van der Waals surface area contributed by atoms with Crippen LogP contribution in [-0.2, 0) is 11.3 Å². The van der Waals surface area contributed by atoms with E-state index in [2.05, 4.69) is 0 Å². The maximum Gasteiger partial charge on any atom is 0.343 e. The highest BCUT2D eigenvalue weighted by atomic mass is 16.5. The summed E-state index contributed by atoms with van der Waals surface area (Å²) in [7, 11) is 0. The first-order chi connectivity index (χ1) is 21.3. The third-order valence-electron chi connectivity index (χ3n) is 6.79. The van der Waals surface area contributed by atoms with Crippen molar-refractivity contribution in [3.63, 3.8) is 0 Å². The topological polar surface area (TPSA) is 127 Å². The smallest absolute Gasteiger partial charge is 0.343 e. The molecule has 0 spiro atoms. The molecule has 0 heterocycles. The van der Waals surface area contributed by atoms with Gasteiger partial charge in [0.15, 0.2) is 23.1 Å². The summed E-state index contributed by atoms with van der Waals surface area (Å²) in [5.74, 6) is -6.77. The van der Waals surface area contributed by atoms with Crippen molar-refractivity contribution in [2.75, 3.05) is 0 Å². The van der Waals surface area contributed by atoms with Crippen LogP contribution in [0.2, 0.25) is 0 Å². The molecule has 8 heteroatoms. The predicted octanol–water partition coefficient (Wildman–Crippen LogP) is 6.44. The fourth-order valence-corrected chi connectivity index (χ4v) is 4.63. The van der Waals surface area contributed by atoms with E-state index in [0.29, 0.717) is 11.1 Å². The SMILES string of the molecule is Cc1cccc(C(=O)c2c(OC(=O)c3ccccc3)c(O)c(O)c(C(=O)c3ccccc3)c2C(=O)OCc2ccccc2)c1. The van der Waals surface area contributed by atoms with Gasteiger partial charge in [0.05, 0.1) is 22.3 Å². The Labute approximate surface area is 252 Å². The summed E-state index contributed by atoms with van der Waals surface area (Å²) in [6.45, 7) is 1.51. The molecule has 8 nitrogen and oxygen atoms in total. The molecule has 44 heavy (non-hydrogen) atoms. The van der Waals surface area contributed by atoms with Crippen molar-refractivity contribution in [3.8, 4) is 17.2 Å². The Balaban J connectivity index is 1.77. The van der Waals surface area contributed by atoms with Crippen LogP contribution in [0.1, 0.15) is 63.7 Å². The third-order valence-corrected chi connectivity index (χ3v) is 6.79. The number of benzene rings is 5. The van der Waals surface area contributed by atoms with Gasteiger partial charge in [-0.25, -0.2) is 9.59 Å². The molecule has 0 aliphatic carbocycles. The van der Waals surface area contributed by atoms with Crippen LogP contribution in [0.15, 0.2) is 115 Å². The minimum absolute atomic E-state index is 0.0577. The molecule has 0 unspecified atom stereocenters. The molecule has 0 radical (unpaired) electrons. The highest BCUT2D eigenvalue weighted by Gasteiger charge is 2.37. The van der Waals surface area contributed by atoms with Crippen molar-refractivity contribution in [3.05, 3.63) is 160 Å². The Bertz CT molecular complexity index is 1860. The van der Waals surface area contributed by atoms with Crippen molar-refractivity contribution >= 4 is 23.5 Å². The number of aromatic hydroxyl groups is 2. The number of hydrogen-bond donors (Lipinski definition) is 2. The van der Waals surface area contributed by atoms with Gasteiger partial charge in [-0.2, -0.15) is 0 Å². The van der Waals surface area contributed by atoms with Crippen molar-refractivity contribution in [1.82, 2.24) is 0 Å². The first-order valence-corrected chi connectivity index (χ1v) is 13.6. The third kappa shape index (κ3) is 6.10. The molecule has 5 aromatic rings. The summed E-state index contributed by atoms with van der Waals surface area (Å²) in [4.78, 5) is 55.1. The standard InChI is InChI=1S/C36H26O8/c1-22-12-11-19-26(20-22)31(38)29-27(36(42)43-21-23-13-5-2-6-14-23)28(30(37)24-15-7-3-8-16-24)32(39)33(40)34(29)44-35(41)25-17-9-4-10-18-25/h2-20,39-40H,21H2,1H3. The molecule has 0 aromatic heterocycles. The monoisotopic (exact) mass is 586 g/mol. The van der Waals surface area contributed by atoms with Gasteiger partial charge in [-0.05, 0) is 30.7 Å². The van der Waals surface area contributed by atoms with Gasteiger partial charge in [0.1, 0.15) is 6.61 Å². The van der Waals surface area contributed by atoms with E-state index in [1.54, 1.807) is 85.8 Å². The van der Waals surface area contributed by atoms with Crippen LogP contribution >= 0.6 is 0 Å². The van der Waals surface area contributed by atoms with Gasteiger partial charge in [0.25, 0.3) is 0 Å². The molecule has 218 valence electrons. The first-order valence-electron chi connectivity index (χ1n) is 13.6. The second-order valence-electron chi connectivity index (χ2n) is 9.86. The summed E-state index contributed by atoms with van der Waals surface area (Å²) in [6.07, 6.45) is 0. The van der Waals surface area contributed by atoms with Crippen molar-refractivity contribution in [2.45, 2.75) is 13.5 Å². The lowest BCUT2D eigenvalue weighted by Crippen LogP contribution is -2.21. The molecule has 0 fully saturated rings. The van der Waals surface area contributed by atoms with E-state index in [1.807, 2.05) is 0 Å². The van der Waals surface area contributed by atoms with Crippen molar-refractivity contribution in [2.24, 2.45) is 0 Å². The zero-order chi connectivity index (χ0) is 31.2. The maximum atomic E-state index is 14.2. The average Bonchev–Trinajstić information content (AvgIpc) is 3.06. The minimum Gasteiger partial charge on any atom is -0.504 e. The molecule has 5 rings (SSSR count). The van der Waals surface area contributed by atoms with Crippen LogP contribution in [0.25, 0.3) is 0 Å². The van der Waals surface area contributed by atoms with E-state index in [1.165, 1.54) is 36.4 Å². The second-order valence-corrected chi connectivity index (χ2v) is 9.86. The lowest BCUT2D eigenvalue weighted by atomic mass is 9.88. The van der Waals surface area contributed by atoms with Crippen molar-refractivity contribution in [1.29, 1.82) is 0 Å². The lowest BCUT2D eigenvalue weighted by molar-refractivity contribution is 0.0464. The maximum absolute atomic E-state index is 14.2. The van der Waals surface area contributed by atoms with Crippen LogP contribution < -0.4 is 4.74 Å². The van der Waals surface area contributed by atoms with Crippen LogP contribution in [0, 0.1) is 6.92 Å². The van der Waals surface area contributed by atoms with E-state index < -0.39 is 57.4 Å². The van der Waals surface area contributed by atoms with E-state index in [9.17, 15) is 29.4 Å². The van der Waals surface area contributed by atoms with Gasteiger partial charge in [-0.15, -0.1) is 0 Å². The van der Waals surface area contributed by atoms with Crippen molar-refractivity contribution < 1.29 is 38.9 Å². The summed E-state index contributed by atoms with van der Waals surface area (Å²) in [5, 5.41) is 22.5. The lowest BCUT2D eigenvalue weighted by Gasteiger charge is -2.20. The van der Waals surface area contributed by atoms with E-state index in [0.717, 1.165) is 0 Å². The van der Waals surface area contributed by atoms with E-state index in [-0.39, 0.29) is 23.3 Å². The Kier molecular flexibility index (Phi) is 8.62. The Morgan fingerprint density at radius 2 is 1.11 bits per heavy atom. The fraction of sp³-hybridized carbons (Fsp3) is 0.0556. The number of ether oxygens (including phenoxy) is 2. The fourth-order valence-electron chi connectivity index (χ4n) is 4.63. The largest absolute Gasteiger partial charge is 0.504 e. The number of rotatable bonds is 9. The molecular weight excluding hydrogens is 560 g/mol. The molecule has 0 saturated carbocycles. The number of hydrogen-bond acceptors (Lipinski definition) is 8. The highest BCUT2D eigenvalue weighted by molar-refractivity contribution is 6.24. The van der Waals surface area contributed by atoms with Gasteiger partial charge in [-0.3, -0.25) is 9.59 Å². The van der Waals surface area contributed by atoms with E-state index >= 15 is 0 Å². The minimum atomic E-state index is -1.16. The average molecular weight is 587 g/mol. The Morgan fingerprint density at radius 3 is 1.73 bits per heavy atom. The number of carbonyl (C=O) groups excluding carboxylic acids is 4. The molecule has 0 aliphatic heterocycles. The van der Waals surface area contributed by atoms with Gasteiger partial charge in [0, 0.05) is 11.1 Å². The molecule has 0 atom stereocenters. The second kappa shape index (κ2) is 12.9. The molecule has 2 N–H and O–H groups in total. The predicted molar refractivity (Wildman–Crippen MR) is 161 cm³/mol. The zero-order valence-electron chi connectivity index (χ0n) is 23.5. The first kappa shape index (κ1) is 29.5. The van der Waals surface area contributed by atoms with Gasteiger partial charge >= 0.3 is 11.9 Å². The molecule has 0 aliphatic rings. The summed E-state index contributed by atoms with van der Waals surface area (Å²) in [5.41, 5.74) is -0.442. The number of ketones is 2. The highest BCUT2D eigenvalue weighted by Crippen LogP contribution is 2.46. The number of phenolic OH excluding ortho intramolecular Hbond substituents is 2. The Hall–Kier alpha value is -6.02. The van der Waals surface area contributed by atoms with Gasteiger partial charge < -0.3 is 19.7 Å². The summed E-state index contributed by atoms with van der Waals surface area (Å²) < 4.78 is 11.1. The van der Waals surface area contributed by atoms with Crippen LogP contribution in [0.4, 0.5) is 0 Å².